The monoisotopic (exact) mass is 604 g/mol. The van der Waals surface area contributed by atoms with Crippen LogP contribution in [0.15, 0.2) is 15.1 Å². The second-order valence-corrected chi connectivity index (χ2v) is 16.3. The van der Waals surface area contributed by atoms with Gasteiger partial charge in [-0.05, 0) is 53.2 Å². The third-order valence-electron chi connectivity index (χ3n) is 5.77. The molecule has 2 aromatic rings. The average Bonchev–Trinajstić information content (AvgIpc) is 3.19. The Bertz CT molecular complexity index is 1070. The van der Waals surface area contributed by atoms with Crippen molar-refractivity contribution in [2.75, 3.05) is 20.0 Å². The van der Waals surface area contributed by atoms with Gasteiger partial charge in [0.15, 0.2) is 10.9 Å². The highest BCUT2D eigenvalue weighted by molar-refractivity contribution is 9.10. The first kappa shape index (κ1) is 29.4. The van der Waals surface area contributed by atoms with Crippen LogP contribution in [0.2, 0.25) is 18.1 Å². The summed E-state index contributed by atoms with van der Waals surface area (Å²) in [7, 11) is 0.650. The number of nitrogens with one attached hydrogen (secondary N) is 1. The first-order valence-electron chi connectivity index (χ1n) is 10.8. The molecule has 0 fully saturated rings. The molecule has 194 valence electrons. The van der Waals surface area contributed by atoms with E-state index in [1.165, 1.54) is 18.9 Å². The lowest BCUT2D eigenvalue weighted by Crippen LogP contribution is -2.44. The molecule has 0 spiro atoms. The van der Waals surface area contributed by atoms with Crippen LogP contribution in [0.5, 0.6) is 11.5 Å². The number of nitrogens with two attached hydrogens (primary N) is 1. The van der Waals surface area contributed by atoms with Gasteiger partial charge in [0.1, 0.15) is 17.5 Å². The van der Waals surface area contributed by atoms with E-state index in [4.69, 9.17) is 36.4 Å². The predicted octanol–water partition coefficient (Wildman–Crippen LogP) is 5.13. The normalized spacial score (nSPS) is 12.7. The van der Waals surface area contributed by atoms with Crippen LogP contribution in [-0.2, 0) is 10.5 Å². The molecule has 2 rings (SSSR count). The molecular weight excluding hydrogens is 572 g/mol. The number of methoxy groups -OCH3 is 2. The van der Waals surface area contributed by atoms with Gasteiger partial charge < -0.3 is 29.5 Å². The van der Waals surface area contributed by atoms with E-state index >= 15 is 0 Å². The molecule has 13 heteroatoms. The van der Waals surface area contributed by atoms with E-state index in [9.17, 15) is 4.79 Å². The van der Waals surface area contributed by atoms with E-state index in [2.05, 4.69) is 65.3 Å². The summed E-state index contributed by atoms with van der Waals surface area (Å²) in [4.78, 5) is 17.2. The molecule has 1 aromatic carbocycles. The minimum atomic E-state index is -2.24. The lowest BCUT2D eigenvalue weighted by atomic mass is 10.1. The number of carbonyl (C=O) groups is 1. The molecule has 0 saturated heterocycles. The zero-order chi connectivity index (χ0) is 26.6. The summed E-state index contributed by atoms with van der Waals surface area (Å²) in [6.07, 6.45) is 0. The van der Waals surface area contributed by atoms with E-state index in [0.29, 0.717) is 50.3 Å². The number of halogens is 1. The van der Waals surface area contributed by atoms with Gasteiger partial charge in [-0.3, -0.25) is 0 Å². The SMILES string of the molecule is COC(=O)c1c(Br)c(OC)cc(O[Si](C)(C)C(C)(C)C)c1CSCC(NC(N)=S)c1nc(C)no1. The van der Waals surface area contributed by atoms with Gasteiger partial charge in [0.2, 0.25) is 14.2 Å². The van der Waals surface area contributed by atoms with E-state index in [-0.39, 0.29) is 10.2 Å². The van der Waals surface area contributed by atoms with Crippen molar-refractivity contribution < 1.29 is 23.2 Å². The minimum absolute atomic E-state index is 0.0508. The Morgan fingerprint density at radius 2 is 2.00 bits per heavy atom. The second kappa shape index (κ2) is 11.9. The summed E-state index contributed by atoms with van der Waals surface area (Å²) in [6, 6.07) is 1.42. The lowest BCUT2D eigenvalue weighted by molar-refractivity contribution is 0.0598. The summed E-state index contributed by atoms with van der Waals surface area (Å²) in [6.45, 7) is 12.5. The third-order valence-corrected chi connectivity index (χ3v) is 12.1. The van der Waals surface area contributed by atoms with Crippen molar-refractivity contribution in [3.63, 3.8) is 0 Å². The minimum Gasteiger partial charge on any atom is -0.543 e. The van der Waals surface area contributed by atoms with Gasteiger partial charge >= 0.3 is 5.97 Å². The molecular formula is C22H33BrN4O5S2Si. The first-order valence-corrected chi connectivity index (χ1v) is 16.1. The summed E-state index contributed by atoms with van der Waals surface area (Å²) in [5, 5.41) is 6.92. The topological polar surface area (TPSA) is 122 Å². The van der Waals surface area contributed by atoms with Crippen molar-refractivity contribution >= 4 is 59.3 Å². The number of hydrogen-bond donors (Lipinski definition) is 2. The molecule has 0 aliphatic heterocycles. The zero-order valence-electron chi connectivity index (χ0n) is 21.3. The van der Waals surface area contributed by atoms with Gasteiger partial charge in [-0.2, -0.15) is 16.7 Å². The average molecular weight is 606 g/mol. The summed E-state index contributed by atoms with van der Waals surface area (Å²) in [5.74, 6) is 2.40. The predicted molar refractivity (Wildman–Crippen MR) is 148 cm³/mol. The molecule has 9 nitrogen and oxygen atoms in total. The van der Waals surface area contributed by atoms with Crippen molar-refractivity contribution in [2.24, 2.45) is 5.73 Å². The number of ether oxygens (including phenoxy) is 2. The third kappa shape index (κ3) is 7.34. The molecule has 0 bridgehead atoms. The molecule has 0 aliphatic rings. The number of benzene rings is 1. The quantitative estimate of drug-likeness (QED) is 0.213. The summed E-state index contributed by atoms with van der Waals surface area (Å²) < 4.78 is 23.1. The fourth-order valence-corrected chi connectivity index (χ4v) is 5.78. The molecule has 0 aliphatic carbocycles. The maximum Gasteiger partial charge on any atom is 0.339 e. The van der Waals surface area contributed by atoms with Gasteiger partial charge in [0.25, 0.3) is 0 Å². The molecule has 1 aromatic heterocycles. The number of rotatable bonds is 10. The summed E-state index contributed by atoms with van der Waals surface area (Å²) in [5.41, 5.74) is 6.78. The van der Waals surface area contributed by atoms with E-state index < -0.39 is 20.3 Å². The molecule has 0 amide bonds. The van der Waals surface area contributed by atoms with Crippen LogP contribution in [0.25, 0.3) is 0 Å². The molecule has 0 saturated carbocycles. The van der Waals surface area contributed by atoms with Crippen molar-refractivity contribution in [3.8, 4) is 11.5 Å². The van der Waals surface area contributed by atoms with Crippen molar-refractivity contribution in [3.05, 3.63) is 33.4 Å². The Hall–Kier alpha value is -1.83. The highest BCUT2D eigenvalue weighted by Gasteiger charge is 2.40. The maximum absolute atomic E-state index is 12.9. The van der Waals surface area contributed by atoms with Gasteiger partial charge in [-0.25, -0.2) is 4.79 Å². The Morgan fingerprint density at radius 1 is 1.34 bits per heavy atom. The van der Waals surface area contributed by atoms with Gasteiger partial charge in [-0.15, -0.1) is 0 Å². The second-order valence-electron chi connectivity index (χ2n) is 9.35. The number of thiocarbonyl (C=S) groups is 1. The van der Waals surface area contributed by atoms with Crippen LogP contribution >= 0.6 is 39.9 Å². The molecule has 0 radical (unpaired) electrons. The number of nitrogens with zero attached hydrogens (tertiary/aromatic N) is 2. The van der Waals surface area contributed by atoms with E-state index in [1.54, 1.807) is 14.0 Å². The highest BCUT2D eigenvalue weighted by Crippen LogP contribution is 2.44. The standard InChI is InChI=1S/C22H33BrN4O5S2Si/c1-12-25-19(31-27-12)14(26-21(24)33)11-34-10-13-15(32-35(7,8)22(2,3)4)9-16(29-5)18(23)17(13)20(28)30-6/h9,14H,10-11H2,1-8H3,(H3,24,26,33). The number of thioether (sulfide) groups is 1. The van der Waals surface area contributed by atoms with E-state index in [0.717, 1.165) is 0 Å². The molecule has 1 atom stereocenters. The number of aryl methyl sites for hydroxylation is 1. The Kier molecular flexibility index (Phi) is 10.0. The van der Waals surface area contributed by atoms with Crippen LogP contribution in [0.3, 0.4) is 0 Å². The fraction of sp³-hybridized carbons (Fsp3) is 0.545. The Labute approximate surface area is 225 Å². The van der Waals surface area contributed by atoms with Crippen molar-refractivity contribution in [1.29, 1.82) is 0 Å². The number of carbonyl (C=O) groups excluding carboxylic acids is 1. The van der Waals surface area contributed by atoms with Crippen LogP contribution < -0.4 is 20.2 Å². The van der Waals surface area contributed by atoms with Gasteiger partial charge in [0, 0.05) is 23.1 Å². The zero-order valence-corrected chi connectivity index (χ0v) is 25.5. The highest BCUT2D eigenvalue weighted by atomic mass is 79.9. The van der Waals surface area contributed by atoms with Gasteiger partial charge in [0.05, 0.1) is 24.3 Å². The number of esters is 1. The first-order chi connectivity index (χ1) is 16.2. The smallest absolute Gasteiger partial charge is 0.339 e. The summed E-state index contributed by atoms with van der Waals surface area (Å²) >= 11 is 10.1. The Morgan fingerprint density at radius 3 is 2.49 bits per heavy atom. The fourth-order valence-electron chi connectivity index (χ4n) is 2.85. The number of hydrogen-bond acceptors (Lipinski definition) is 9. The largest absolute Gasteiger partial charge is 0.543 e. The van der Waals surface area contributed by atoms with Crippen LogP contribution in [0.1, 0.15) is 54.4 Å². The van der Waals surface area contributed by atoms with Crippen molar-refractivity contribution in [2.45, 2.75) is 57.6 Å². The van der Waals surface area contributed by atoms with E-state index in [1.807, 2.05) is 6.07 Å². The molecule has 1 heterocycles. The molecule has 35 heavy (non-hydrogen) atoms. The Balaban J connectivity index is 2.48. The molecule has 3 N–H and O–H groups in total. The molecule has 1 unspecified atom stereocenters. The number of aromatic nitrogens is 2. The van der Waals surface area contributed by atoms with Crippen LogP contribution in [-0.4, -0.2) is 49.5 Å². The van der Waals surface area contributed by atoms with Crippen molar-refractivity contribution in [1.82, 2.24) is 15.5 Å². The van der Waals surface area contributed by atoms with Gasteiger partial charge in [-0.1, -0.05) is 25.9 Å². The van der Waals surface area contributed by atoms with Crippen LogP contribution in [0, 0.1) is 6.92 Å². The maximum atomic E-state index is 12.9. The van der Waals surface area contributed by atoms with Crippen LogP contribution in [0.4, 0.5) is 0 Å². The lowest BCUT2D eigenvalue weighted by Gasteiger charge is -2.37.